The van der Waals surface area contributed by atoms with Crippen molar-refractivity contribution in [3.63, 3.8) is 0 Å². The Morgan fingerprint density at radius 2 is 1.88 bits per heavy atom. The van der Waals surface area contributed by atoms with Gasteiger partial charge in [-0.1, -0.05) is 74.9 Å². The van der Waals surface area contributed by atoms with Crippen LogP contribution in [0.15, 0.2) is 86.1 Å². The number of rotatable bonds is 9. The number of hydrogen-bond donors (Lipinski definition) is 0. The maximum Gasteiger partial charge on any atom is 0.338 e. The lowest BCUT2D eigenvalue weighted by Crippen LogP contribution is -2.40. The molecule has 0 N–H and O–H groups in total. The van der Waals surface area contributed by atoms with Crippen LogP contribution < -0.4 is 14.9 Å². The SMILES string of the molecule is CCCC1=C(C(=O)OCC)[C@H](c2ccc(C(C)C)cc2)n2c(s/c(=C\c3ccc(-c4ccccc4[N+](=O)[O-])o3)c2=O)=N1. The number of ether oxygens (including phenoxy) is 1. The topological polar surface area (TPSA) is 117 Å². The fourth-order valence-electron chi connectivity index (χ4n) is 5.05. The van der Waals surface area contributed by atoms with E-state index in [4.69, 9.17) is 14.1 Å². The number of esters is 1. The molecule has 2 aromatic heterocycles. The Morgan fingerprint density at radius 1 is 1.14 bits per heavy atom. The van der Waals surface area contributed by atoms with Crippen LogP contribution in [0.3, 0.4) is 0 Å². The van der Waals surface area contributed by atoms with E-state index < -0.39 is 16.9 Å². The van der Waals surface area contributed by atoms with Gasteiger partial charge in [0.2, 0.25) is 0 Å². The van der Waals surface area contributed by atoms with E-state index in [2.05, 4.69) is 13.8 Å². The van der Waals surface area contributed by atoms with Crippen LogP contribution in [-0.4, -0.2) is 22.1 Å². The molecule has 1 atom stereocenters. The lowest BCUT2D eigenvalue weighted by Gasteiger charge is -2.26. The van der Waals surface area contributed by atoms with E-state index in [0.717, 1.165) is 17.5 Å². The maximum atomic E-state index is 14.0. The average Bonchev–Trinajstić information content (AvgIpc) is 3.56. The Labute approximate surface area is 246 Å². The van der Waals surface area contributed by atoms with Gasteiger partial charge in [-0.05, 0) is 48.6 Å². The fraction of sp³-hybridized carbons (Fsp3) is 0.281. The van der Waals surface area contributed by atoms with Crippen molar-refractivity contribution in [3.05, 3.63) is 119 Å². The quantitative estimate of drug-likeness (QED) is 0.138. The molecule has 2 aromatic carbocycles. The monoisotopic (exact) mass is 585 g/mol. The van der Waals surface area contributed by atoms with E-state index >= 15 is 0 Å². The van der Waals surface area contributed by atoms with Gasteiger partial charge in [0.15, 0.2) is 4.80 Å². The van der Waals surface area contributed by atoms with Crippen molar-refractivity contribution in [2.45, 2.75) is 52.5 Å². The first-order valence-electron chi connectivity index (χ1n) is 13.9. The standard InChI is InChI=1S/C32H31N3O6S/c1-5-9-24-28(31(37)40-6-2)29(21-14-12-20(13-15-21)19(3)4)34-30(36)27(42-32(34)33-24)18-22-16-17-26(41-22)23-10-7-8-11-25(23)35(38)39/h7-8,10-19,29H,5-6,9H2,1-4H3/b27-18-/t29-/m0/s1. The number of benzene rings is 2. The first-order valence-corrected chi connectivity index (χ1v) is 14.7. The molecular formula is C32H31N3O6S. The number of nitro benzene ring substituents is 1. The number of hydrogen-bond acceptors (Lipinski definition) is 8. The third-order valence-electron chi connectivity index (χ3n) is 7.08. The number of nitrogens with zero attached hydrogens (tertiary/aromatic N) is 3. The lowest BCUT2D eigenvalue weighted by atomic mass is 9.92. The number of allylic oxidation sites excluding steroid dienone is 1. The maximum absolute atomic E-state index is 14.0. The predicted octanol–water partition coefficient (Wildman–Crippen LogP) is 5.87. The molecule has 0 unspecified atom stereocenters. The summed E-state index contributed by atoms with van der Waals surface area (Å²) in [7, 11) is 0. The van der Waals surface area contributed by atoms with E-state index in [-0.39, 0.29) is 17.9 Å². The summed E-state index contributed by atoms with van der Waals surface area (Å²) in [5, 5.41) is 11.5. The van der Waals surface area contributed by atoms with Gasteiger partial charge in [0.1, 0.15) is 11.5 Å². The lowest BCUT2D eigenvalue weighted by molar-refractivity contribution is -0.384. The molecule has 9 nitrogen and oxygen atoms in total. The summed E-state index contributed by atoms with van der Waals surface area (Å²) in [6.07, 6.45) is 2.92. The van der Waals surface area contributed by atoms with Crippen LogP contribution >= 0.6 is 11.3 Å². The molecule has 0 radical (unpaired) electrons. The highest BCUT2D eigenvalue weighted by Crippen LogP contribution is 2.34. The summed E-state index contributed by atoms with van der Waals surface area (Å²) >= 11 is 1.21. The molecule has 0 fully saturated rings. The van der Waals surface area contributed by atoms with Crippen molar-refractivity contribution in [3.8, 4) is 11.3 Å². The van der Waals surface area contributed by atoms with Crippen molar-refractivity contribution in [1.82, 2.24) is 4.57 Å². The molecule has 0 bridgehead atoms. The van der Waals surface area contributed by atoms with Crippen molar-refractivity contribution in [1.29, 1.82) is 0 Å². The molecule has 216 valence electrons. The zero-order valence-corrected chi connectivity index (χ0v) is 24.6. The van der Waals surface area contributed by atoms with Crippen molar-refractivity contribution >= 4 is 29.1 Å². The molecule has 0 aliphatic carbocycles. The van der Waals surface area contributed by atoms with E-state index in [1.807, 2.05) is 31.2 Å². The molecule has 0 saturated carbocycles. The number of carbonyl (C=O) groups is 1. The Hall–Kier alpha value is -4.57. The van der Waals surface area contributed by atoms with Crippen LogP contribution in [0.25, 0.3) is 17.4 Å². The van der Waals surface area contributed by atoms with Crippen LogP contribution in [0.4, 0.5) is 5.69 Å². The highest BCUT2D eigenvalue weighted by Gasteiger charge is 2.34. The zero-order chi connectivity index (χ0) is 30.0. The smallest absolute Gasteiger partial charge is 0.338 e. The van der Waals surface area contributed by atoms with Crippen molar-refractivity contribution < 1.29 is 18.9 Å². The van der Waals surface area contributed by atoms with Crippen LogP contribution in [0, 0.1) is 10.1 Å². The Kier molecular flexibility index (Phi) is 8.35. The summed E-state index contributed by atoms with van der Waals surface area (Å²) in [6, 6.07) is 16.9. The molecular weight excluding hydrogens is 554 g/mol. The number of thiazole rings is 1. The number of fused-ring (bicyclic) bond motifs is 1. The average molecular weight is 586 g/mol. The van der Waals surface area contributed by atoms with Gasteiger partial charge in [0, 0.05) is 12.1 Å². The van der Waals surface area contributed by atoms with Crippen LogP contribution in [0.2, 0.25) is 0 Å². The fourth-order valence-corrected chi connectivity index (χ4v) is 6.05. The Bertz CT molecular complexity index is 1860. The zero-order valence-electron chi connectivity index (χ0n) is 23.8. The van der Waals surface area contributed by atoms with Gasteiger partial charge in [-0.2, -0.15) is 0 Å². The molecule has 1 aliphatic heterocycles. The largest absolute Gasteiger partial charge is 0.463 e. The Morgan fingerprint density at radius 3 is 2.55 bits per heavy atom. The highest BCUT2D eigenvalue weighted by atomic mass is 32.1. The minimum atomic E-state index is -0.704. The second kappa shape index (κ2) is 12.1. The minimum Gasteiger partial charge on any atom is -0.463 e. The normalized spacial score (nSPS) is 15.1. The molecule has 0 saturated heterocycles. The third kappa shape index (κ3) is 5.49. The van der Waals surface area contributed by atoms with E-state index in [9.17, 15) is 19.7 Å². The summed E-state index contributed by atoms with van der Waals surface area (Å²) in [5.74, 6) is 0.522. The first-order chi connectivity index (χ1) is 20.2. The molecule has 1 aliphatic rings. The van der Waals surface area contributed by atoms with Crippen LogP contribution in [0.5, 0.6) is 0 Å². The van der Waals surface area contributed by atoms with Gasteiger partial charge in [0.25, 0.3) is 11.2 Å². The molecule has 4 aromatic rings. The van der Waals surface area contributed by atoms with Gasteiger partial charge in [-0.3, -0.25) is 19.5 Å². The first kappa shape index (κ1) is 28.9. The molecule has 42 heavy (non-hydrogen) atoms. The van der Waals surface area contributed by atoms with E-state index in [0.29, 0.717) is 50.0 Å². The number of furan rings is 1. The molecule has 5 rings (SSSR count). The molecule has 0 amide bonds. The van der Waals surface area contributed by atoms with Gasteiger partial charge >= 0.3 is 5.97 Å². The van der Waals surface area contributed by atoms with Crippen LogP contribution in [-0.2, 0) is 9.53 Å². The number of para-hydroxylation sites is 1. The Balaban J connectivity index is 1.67. The van der Waals surface area contributed by atoms with E-state index in [1.54, 1.807) is 47.9 Å². The molecule has 10 heteroatoms. The minimum absolute atomic E-state index is 0.0730. The predicted molar refractivity (Wildman–Crippen MR) is 161 cm³/mol. The second-order valence-electron chi connectivity index (χ2n) is 10.2. The number of aromatic nitrogens is 1. The number of carbonyl (C=O) groups excluding carboxylic acids is 1. The van der Waals surface area contributed by atoms with Crippen LogP contribution in [0.1, 0.15) is 69.4 Å². The van der Waals surface area contributed by atoms with Gasteiger partial charge in [0.05, 0.1) is 38.9 Å². The summed E-state index contributed by atoms with van der Waals surface area (Å²) in [5.41, 5.74) is 2.86. The summed E-state index contributed by atoms with van der Waals surface area (Å²) < 4.78 is 13.3. The van der Waals surface area contributed by atoms with E-state index in [1.165, 1.54) is 17.4 Å². The molecule has 0 spiro atoms. The summed E-state index contributed by atoms with van der Waals surface area (Å²) in [6.45, 7) is 8.18. The highest BCUT2D eigenvalue weighted by molar-refractivity contribution is 7.07. The van der Waals surface area contributed by atoms with Gasteiger partial charge in [-0.15, -0.1) is 0 Å². The third-order valence-corrected chi connectivity index (χ3v) is 8.06. The number of nitro groups is 1. The molecule has 3 heterocycles. The van der Waals surface area contributed by atoms with Gasteiger partial charge in [-0.25, -0.2) is 9.79 Å². The second-order valence-corrected chi connectivity index (χ2v) is 11.2. The van der Waals surface area contributed by atoms with Crippen molar-refractivity contribution in [2.75, 3.05) is 6.61 Å². The van der Waals surface area contributed by atoms with Gasteiger partial charge < -0.3 is 9.15 Å². The van der Waals surface area contributed by atoms with Crippen molar-refractivity contribution in [2.24, 2.45) is 4.99 Å². The summed E-state index contributed by atoms with van der Waals surface area (Å²) in [4.78, 5) is 43.6.